The summed E-state index contributed by atoms with van der Waals surface area (Å²) >= 11 is 6.13. The second-order valence-corrected chi connectivity index (χ2v) is 8.00. The molecule has 1 aliphatic heterocycles. The van der Waals surface area contributed by atoms with E-state index in [4.69, 9.17) is 11.6 Å². The largest absolute Gasteiger partial charge is 0.326 e. The molecule has 1 aromatic heterocycles. The number of benzene rings is 2. The Labute approximate surface area is 174 Å². The van der Waals surface area contributed by atoms with Crippen LogP contribution in [0.5, 0.6) is 0 Å². The third kappa shape index (κ3) is 4.63. The summed E-state index contributed by atoms with van der Waals surface area (Å²) in [4.78, 5) is 3.09. The highest BCUT2D eigenvalue weighted by Gasteiger charge is 2.35. The van der Waals surface area contributed by atoms with E-state index in [1.54, 1.807) is 17.0 Å². The predicted molar refractivity (Wildman–Crippen MR) is 109 cm³/mol. The van der Waals surface area contributed by atoms with Crippen LogP contribution in [0.2, 0.25) is 5.02 Å². The number of likely N-dealkylation sites (N-methyl/N-ethyl adjacent to an activating group) is 1. The molecule has 152 valence electrons. The van der Waals surface area contributed by atoms with Gasteiger partial charge in [0.15, 0.2) is 6.04 Å². The Morgan fingerprint density at radius 3 is 2.38 bits per heavy atom. The van der Waals surface area contributed by atoms with E-state index in [0.29, 0.717) is 11.6 Å². The standard InChI is InChI=1S/C21H24ClFN6/c1-2-27-11-13-28(14-12-27)20(17-5-7-18(22)8-6-17)21-24-25-26-29(21)15-16-3-9-19(23)10-4-16/h3-10,20H,2,11-15H2,1H3/p+2/t20-/m1/s1. The fourth-order valence-electron chi connectivity index (χ4n) is 4.08. The average Bonchev–Trinajstić information content (AvgIpc) is 3.19. The first kappa shape index (κ1) is 19.9. The zero-order chi connectivity index (χ0) is 20.2. The van der Waals surface area contributed by atoms with Crippen molar-refractivity contribution < 1.29 is 14.2 Å². The number of hydrogen-bond acceptors (Lipinski definition) is 3. The summed E-state index contributed by atoms with van der Waals surface area (Å²) in [5.74, 6) is 0.581. The summed E-state index contributed by atoms with van der Waals surface area (Å²) in [6, 6.07) is 14.5. The van der Waals surface area contributed by atoms with Crippen LogP contribution in [0.4, 0.5) is 4.39 Å². The van der Waals surface area contributed by atoms with Crippen LogP contribution in [0.3, 0.4) is 0 Å². The van der Waals surface area contributed by atoms with E-state index < -0.39 is 0 Å². The van der Waals surface area contributed by atoms with Crippen molar-refractivity contribution in [2.45, 2.75) is 19.5 Å². The van der Waals surface area contributed by atoms with Crippen LogP contribution in [0.25, 0.3) is 0 Å². The lowest BCUT2D eigenvalue weighted by Crippen LogP contribution is -3.28. The van der Waals surface area contributed by atoms with Gasteiger partial charge >= 0.3 is 0 Å². The molecule has 0 unspecified atom stereocenters. The molecule has 1 fully saturated rings. The Kier molecular flexibility index (Phi) is 6.18. The molecule has 2 N–H and O–H groups in total. The van der Waals surface area contributed by atoms with E-state index in [-0.39, 0.29) is 11.9 Å². The van der Waals surface area contributed by atoms with Crippen LogP contribution in [0.15, 0.2) is 48.5 Å². The van der Waals surface area contributed by atoms with Gasteiger partial charge in [-0.1, -0.05) is 35.9 Å². The quantitative estimate of drug-likeness (QED) is 0.612. The summed E-state index contributed by atoms with van der Waals surface area (Å²) in [5.41, 5.74) is 2.12. The van der Waals surface area contributed by atoms with Crippen LogP contribution in [-0.2, 0) is 6.54 Å². The molecule has 29 heavy (non-hydrogen) atoms. The lowest BCUT2D eigenvalue weighted by atomic mass is 10.0. The van der Waals surface area contributed by atoms with E-state index in [1.165, 1.54) is 17.0 Å². The number of hydrogen-bond donors (Lipinski definition) is 2. The summed E-state index contributed by atoms with van der Waals surface area (Å²) < 4.78 is 15.1. The van der Waals surface area contributed by atoms with E-state index in [2.05, 4.69) is 34.6 Å². The monoisotopic (exact) mass is 416 g/mol. The maximum absolute atomic E-state index is 13.3. The van der Waals surface area contributed by atoms with E-state index in [9.17, 15) is 4.39 Å². The Morgan fingerprint density at radius 1 is 1.03 bits per heavy atom. The molecule has 0 amide bonds. The topological polar surface area (TPSA) is 52.5 Å². The molecule has 1 atom stereocenters. The maximum atomic E-state index is 13.3. The molecular weight excluding hydrogens is 391 g/mol. The lowest BCUT2D eigenvalue weighted by molar-refractivity contribution is -1.02. The number of quaternary nitrogens is 2. The number of piperazine rings is 1. The minimum absolute atomic E-state index is 0.0288. The number of tetrazole rings is 1. The summed E-state index contributed by atoms with van der Waals surface area (Å²) in [6.45, 7) is 8.28. The first-order chi connectivity index (χ1) is 14.1. The molecule has 8 heteroatoms. The molecule has 4 rings (SSSR count). The number of aromatic nitrogens is 4. The van der Waals surface area contributed by atoms with Crippen molar-refractivity contribution in [3.63, 3.8) is 0 Å². The number of nitrogens with one attached hydrogen (secondary N) is 2. The van der Waals surface area contributed by atoms with Crippen molar-refractivity contribution in [3.05, 3.63) is 76.3 Å². The van der Waals surface area contributed by atoms with Gasteiger partial charge in [-0.05, 0) is 47.2 Å². The number of halogens is 2. The van der Waals surface area contributed by atoms with Gasteiger partial charge in [0.1, 0.15) is 32.0 Å². The van der Waals surface area contributed by atoms with Crippen LogP contribution in [-0.4, -0.2) is 52.9 Å². The zero-order valence-corrected chi connectivity index (χ0v) is 17.2. The maximum Gasteiger partial charge on any atom is 0.214 e. The van der Waals surface area contributed by atoms with Gasteiger partial charge in [0.05, 0.1) is 13.1 Å². The van der Waals surface area contributed by atoms with Gasteiger partial charge in [0, 0.05) is 10.6 Å². The van der Waals surface area contributed by atoms with Crippen LogP contribution >= 0.6 is 11.6 Å². The molecule has 0 spiro atoms. The minimum Gasteiger partial charge on any atom is -0.326 e. The first-order valence-corrected chi connectivity index (χ1v) is 10.5. The number of nitrogens with zero attached hydrogens (tertiary/aromatic N) is 4. The molecule has 1 aliphatic rings. The SMILES string of the molecule is CC[NH+]1CC[NH+]([C@H](c2ccc(Cl)cc2)c2nnnn2Cc2ccc(F)cc2)CC1. The second kappa shape index (κ2) is 8.98. The number of rotatable bonds is 6. The molecule has 3 aromatic rings. The smallest absolute Gasteiger partial charge is 0.214 e. The van der Waals surface area contributed by atoms with E-state index in [1.807, 2.05) is 16.8 Å². The molecule has 0 radical (unpaired) electrons. The van der Waals surface area contributed by atoms with Crippen molar-refractivity contribution in [1.29, 1.82) is 0 Å². The normalized spacial score (nSPS) is 20.5. The third-order valence-electron chi connectivity index (χ3n) is 5.77. The van der Waals surface area contributed by atoms with E-state index in [0.717, 1.165) is 49.7 Å². The van der Waals surface area contributed by atoms with Gasteiger partial charge in [-0.15, -0.1) is 5.10 Å². The molecular formula is C21H26ClFN6+2. The summed E-state index contributed by atoms with van der Waals surface area (Å²) in [7, 11) is 0. The lowest BCUT2D eigenvalue weighted by Gasteiger charge is -2.33. The van der Waals surface area contributed by atoms with Crippen molar-refractivity contribution in [2.24, 2.45) is 0 Å². The molecule has 1 saturated heterocycles. The highest BCUT2D eigenvalue weighted by Crippen LogP contribution is 2.20. The van der Waals surface area contributed by atoms with Crippen LogP contribution in [0.1, 0.15) is 29.9 Å². The molecule has 2 heterocycles. The fourth-order valence-corrected chi connectivity index (χ4v) is 4.21. The molecule has 2 aromatic carbocycles. The summed E-state index contributed by atoms with van der Waals surface area (Å²) in [5, 5.41) is 13.3. The van der Waals surface area contributed by atoms with Gasteiger partial charge in [0.25, 0.3) is 0 Å². The first-order valence-electron chi connectivity index (χ1n) is 10.1. The fraction of sp³-hybridized carbons (Fsp3) is 0.381. The molecule has 0 bridgehead atoms. The second-order valence-electron chi connectivity index (χ2n) is 7.57. The minimum atomic E-state index is -0.245. The average molecular weight is 417 g/mol. The highest BCUT2D eigenvalue weighted by atomic mass is 35.5. The predicted octanol–water partition coefficient (Wildman–Crippen LogP) is 0.407. The Balaban J connectivity index is 1.65. The Morgan fingerprint density at radius 2 is 1.72 bits per heavy atom. The van der Waals surface area contributed by atoms with E-state index >= 15 is 0 Å². The van der Waals surface area contributed by atoms with Crippen molar-refractivity contribution in [3.8, 4) is 0 Å². The van der Waals surface area contributed by atoms with Crippen molar-refractivity contribution in [2.75, 3.05) is 32.7 Å². The van der Waals surface area contributed by atoms with Crippen molar-refractivity contribution in [1.82, 2.24) is 20.2 Å². The van der Waals surface area contributed by atoms with Crippen LogP contribution in [0, 0.1) is 5.82 Å². The Bertz CT molecular complexity index is 919. The van der Waals surface area contributed by atoms with Gasteiger partial charge < -0.3 is 9.80 Å². The third-order valence-corrected chi connectivity index (χ3v) is 6.03. The van der Waals surface area contributed by atoms with Gasteiger partial charge in [0.2, 0.25) is 5.82 Å². The Hall–Kier alpha value is -2.35. The van der Waals surface area contributed by atoms with Gasteiger partial charge in [-0.2, -0.15) is 0 Å². The van der Waals surface area contributed by atoms with Crippen LogP contribution < -0.4 is 9.80 Å². The zero-order valence-electron chi connectivity index (χ0n) is 16.5. The van der Waals surface area contributed by atoms with Gasteiger partial charge in [-0.25, -0.2) is 9.07 Å². The molecule has 0 aliphatic carbocycles. The van der Waals surface area contributed by atoms with Crippen molar-refractivity contribution >= 4 is 11.6 Å². The van der Waals surface area contributed by atoms with Gasteiger partial charge in [-0.3, -0.25) is 0 Å². The molecule has 6 nitrogen and oxygen atoms in total. The molecule has 0 saturated carbocycles. The summed E-state index contributed by atoms with van der Waals surface area (Å²) in [6.07, 6.45) is 0. The highest BCUT2D eigenvalue weighted by molar-refractivity contribution is 6.30.